The molecule has 144 valence electrons. The number of amides is 1. The van der Waals surface area contributed by atoms with E-state index in [4.69, 9.17) is 4.52 Å². The van der Waals surface area contributed by atoms with Gasteiger partial charge in [-0.25, -0.2) is 0 Å². The summed E-state index contributed by atoms with van der Waals surface area (Å²) in [6.07, 6.45) is 3.99. The maximum atomic E-state index is 12.0. The molecule has 0 radical (unpaired) electrons. The second-order valence-electron chi connectivity index (χ2n) is 8.22. The van der Waals surface area contributed by atoms with Gasteiger partial charge in [0, 0.05) is 25.6 Å². The normalized spacial score (nSPS) is 21.4. The highest BCUT2D eigenvalue weighted by molar-refractivity contribution is 5.77. The lowest BCUT2D eigenvalue weighted by atomic mass is 9.73. The Balaban J connectivity index is 1.50. The minimum atomic E-state index is 0.141. The molecule has 2 aromatic rings. The first-order valence-electron chi connectivity index (χ1n) is 9.96. The van der Waals surface area contributed by atoms with Crippen LogP contribution >= 0.6 is 0 Å². The molecule has 1 amide bonds. The largest absolute Gasteiger partial charge is 0.361 e. The quantitative estimate of drug-likeness (QED) is 0.899. The van der Waals surface area contributed by atoms with Gasteiger partial charge in [-0.1, -0.05) is 29.4 Å². The summed E-state index contributed by atoms with van der Waals surface area (Å²) in [4.78, 5) is 14.5. The van der Waals surface area contributed by atoms with Crippen molar-refractivity contribution >= 4 is 5.91 Å². The molecule has 1 aromatic heterocycles. The lowest BCUT2D eigenvalue weighted by molar-refractivity contribution is -0.121. The summed E-state index contributed by atoms with van der Waals surface area (Å²) in [5, 5.41) is 6.88. The summed E-state index contributed by atoms with van der Waals surface area (Å²) in [5.74, 6) is 1.42. The lowest BCUT2D eigenvalue weighted by Crippen LogP contribution is -2.41. The molecule has 1 atom stereocenters. The van der Waals surface area contributed by atoms with E-state index in [0.717, 1.165) is 50.4 Å². The molecule has 1 aliphatic heterocycles. The van der Waals surface area contributed by atoms with E-state index in [1.54, 1.807) is 7.05 Å². The van der Waals surface area contributed by atoms with Gasteiger partial charge in [0.05, 0.1) is 5.69 Å². The molecule has 0 saturated carbocycles. The molecule has 5 nitrogen and oxygen atoms in total. The Morgan fingerprint density at radius 2 is 2.04 bits per heavy atom. The van der Waals surface area contributed by atoms with Crippen LogP contribution in [-0.2, 0) is 16.8 Å². The van der Waals surface area contributed by atoms with Crippen molar-refractivity contribution in [2.24, 2.45) is 0 Å². The van der Waals surface area contributed by atoms with Crippen molar-refractivity contribution < 1.29 is 9.32 Å². The van der Waals surface area contributed by atoms with E-state index >= 15 is 0 Å². The number of benzene rings is 1. The third kappa shape index (κ3) is 3.29. The number of aromatic nitrogens is 1. The summed E-state index contributed by atoms with van der Waals surface area (Å²) in [5.41, 5.74) is 5.33. The van der Waals surface area contributed by atoms with Crippen molar-refractivity contribution in [1.29, 1.82) is 0 Å². The minimum absolute atomic E-state index is 0.141. The number of piperidine rings is 1. The third-order valence-electron chi connectivity index (χ3n) is 6.70. The fraction of sp³-hybridized carbons (Fsp3) is 0.545. The number of aryl methyl sites for hydroxylation is 2. The van der Waals surface area contributed by atoms with Crippen LogP contribution in [0.5, 0.6) is 0 Å². The van der Waals surface area contributed by atoms with Crippen molar-refractivity contribution in [3.8, 4) is 0 Å². The van der Waals surface area contributed by atoms with Crippen molar-refractivity contribution in [3.63, 3.8) is 0 Å². The predicted octanol–water partition coefficient (Wildman–Crippen LogP) is 3.45. The molecule has 0 unspecified atom stereocenters. The molecule has 1 saturated heterocycles. The van der Waals surface area contributed by atoms with E-state index < -0.39 is 0 Å². The fourth-order valence-corrected chi connectivity index (χ4v) is 5.10. The van der Waals surface area contributed by atoms with Gasteiger partial charge in [0.25, 0.3) is 0 Å². The van der Waals surface area contributed by atoms with E-state index in [1.807, 2.05) is 13.8 Å². The van der Waals surface area contributed by atoms with E-state index in [1.165, 1.54) is 16.7 Å². The summed E-state index contributed by atoms with van der Waals surface area (Å²) >= 11 is 0. The van der Waals surface area contributed by atoms with Crippen LogP contribution in [0.1, 0.15) is 59.7 Å². The molecule has 1 aromatic carbocycles. The molecule has 1 N–H and O–H groups in total. The number of rotatable bonds is 4. The Kier molecular flexibility index (Phi) is 4.81. The first-order chi connectivity index (χ1) is 13.0. The average molecular weight is 367 g/mol. The van der Waals surface area contributed by atoms with Gasteiger partial charge in [-0.15, -0.1) is 0 Å². The number of hydrogen-bond donors (Lipinski definition) is 1. The molecule has 5 heteroatoms. The Labute approximate surface area is 161 Å². The molecule has 4 rings (SSSR count). The van der Waals surface area contributed by atoms with Crippen molar-refractivity contribution in [2.45, 2.75) is 57.4 Å². The van der Waals surface area contributed by atoms with Crippen LogP contribution in [-0.4, -0.2) is 36.1 Å². The minimum Gasteiger partial charge on any atom is -0.361 e. The molecule has 0 bridgehead atoms. The molecule has 1 spiro atoms. The van der Waals surface area contributed by atoms with Crippen LogP contribution in [0.4, 0.5) is 0 Å². The molecule has 1 aliphatic carbocycles. The summed E-state index contributed by atoms with van der Waals surface area (Å²) < 4.78 is 5.32. The van der Waals surface area contributed by atoms with E-state index in [2.05, 4.69) is 39.6 Å². The highest BCUT2D eigenvalue weighted by Gasteiger charge is 2.45. The summed E-state index contributed by atoms with van der Waals surface area (Å²) in [7, 11) is 1.73. The molecule has 27 heavy (non-hydrogen) atoms. The van der Waals surface area contributed by atoms with Crippen LogP contribution < -0.4 is 5.32 Å². The van der Waals surface area contributed by atoms with E-state index in [-0.39, 0.29) is 11.3 Å². The van der Waals surface area contributed by atoms with E-state index in [9.17, 15) is 4.79 Å². The molecule has 1 fully saturated rings. The zero-order valence-electron chi connectivity index (χ0n) is 16.5. The van der Waals surface area contributed by atoms with Gasteiger partial charge in [-0.3, -0.25) is 9.69 Å². The number of hydrogen-bond acceptors (Lipinski definition) is 4. The average Bonchev–Trinajstić information content (AvgIpc) is 3.16. The van der Waals surface area contributed by atoms with Crippen molar-refractivity contribution in [1.82, 2.24) is 15.4 Å². The van der Waals surface area contributed by atoms with Crippen molar-refractivity contribution in [3.05, 3.63) is 52.4 Å². The van der Waals surface area contributed by atoms with Crippen LogP contribution in [0.25, 0.3) is 0 Å². The van der Waals surface area contributed by atoms with Gasteiger partial charge >= 0.3 is 0 Å². The summed E-state index contributed by atoms with van der Waals surface area (Å²) in [6.45, 7) is 7.09. The number of nitrogens with one attached hydrogen (secondary N) is 1. The van der Waals surface area contributed by atoms with E-state index in [0.29, 0.717) is 12.3 Å². The highest BCUT2D eigenvalue weighted by atomic mass is 16.5. The standard InChI is InChI=1S/C22H29N3O2/c1-15-19(16(2)27-24-15)14-25-10-8-22(9-11-25)13-17(12-21(26)23-3)18-6-4-5-7-20(18)22/h4-7,17H,8-14H2,1-3H3,(H,23,26)/t17-/m0/s1. The lowest BCUT2D eigenvalue weighted by Gasteiger charge is -2.40. The maximum absolute atomic E-state index is 12.0. The van der Waals surface area contributed by atoms with Gasteiger partial charge in [0.15, 0.2) is 0 Å². The Morgan fingerprint density at radius 1 is 1.30 bits per heavy atom. The smallest absolute Gasteiger partial charge is 0.220 e. The first-order valence-corrected chi connectivity index (χ1v) is 9.96. The third-order valence-corrected chi connectivity index (χ3v) is 6.70. The van der Waals surface area contributed by atoms with Gasteiger partial charge < -0.3 is 9.84 Å². The molecular weight excluding hydrogens is 338 g/mol. The second kappa shape index (κ2) is 7.12. The Morgan fingerprint density at radius 3 is 2.70 bits per heavy atom. The Bertz CT molecular complexity index is 814. The number of likely N-dealkylation sites (tertiary alicyclic amines) is 1. The van der Waals surface area contributed by atoms with Gasteiger partial charge in [-0.05, 0) is 68.7 Å². The fourth-order valence-electron chi connectivity index (χ4n) is 5.10. The number of carbonyl (C=O) groups excluding carboxylic acids is 1. The summed E-state index contributed by atoms with van der Waals surface area (Å²) in [6, 6.07) is 8.79. The van der Waals surface area contributed by atoms with Crippen LogP contribution in [0.2, 0.25) is 0 Å². The van der Waals surface area contributed by atoms with Crippen LogP contribution in [0.15, 0.2) is 28.8 Å². The first kappa shape index (κ1) is 18.2. The van der Waals surface area contributed by atoms with Crippen LogP contribution in [0.3, 0.4) is 0 Å². The SMILES string of the molecule is CNC(=O)C[C@H]1CC2(CCN(Cc3c(C)noc3C)CC2)c2ccccc21. The Hall–Kier alpha value is -2.14. The monoisotopic (exact) mass is 367 g/mol. The van der Waals surface area contributed by atoms with Gasteiger partial charge in [0.2, 0.25) is 5.91 Å². The second-order valence-corrected chi connectivity index (χ2v) is 8.22. The van der Waals surface area contributed by atoms with Crippen LogP contribution in [0, 0.1) is 13.8 Å². The van der Waals surface area contributed by atoms with Gasteiger partial charge in [0.1, 0.15) is 5.76 Å². The zero-order valence-corrected chi connectivity index (χ0v) is 16.5. The number of nitrogens with zero attached hydrogens (tertiary/aromatic N) is 2. The zero-order chi connectivity index (χ0) is 19.0. The highest BCUT2D eigenvalue weighted by Crippen LogP contribution is 2.52. The number of fused-ring (bicyclic) bond motifs is 2. The molecule has 2 heterocycles. The predicted molar refractivity (Wildman–Crippen MR) is 105 cm³/mol. The molecule has 2 aliphatic rings. The van der Waals surface area contributed by atoms with Gasteiger partial charge in [-0.2, -0.15) is 0 Å². The maximum Gasteiger partial charge on any atom is 0.220 e. The number of carbonyl (C=O) groups is 1. The van der Waals surface area contributed by atoms with Crippen molar-refractivity contribution in [2.75, 3.05) is 20.1 Å². The topological polar surface area (TPSA) is 58.4 Å². The molecular formula is C22H29N3O2.